The lowest BCUT2D eigenvalue weighted by atomic mass is 10.1. The minimum absolute atomic E-state index is 0.0103. The Morgan fingerprint density at radius 2 is 2.29 bits per heavy atom. The lowest BCUT2D eigenvalue weighted by molar-refractivity contribution is 0.516. The summed E-state index contributed by atoms with van der Waals surface area (Å²) in [6.45, 7) is 0. The summed E-state index contributed by atoms with van der Waals surface area (Å²) in [5.74, 6) is 5.58. The molecule has 0 aliphatic carbocycles. The van der Waals surface area contributed by atoms with Crippen molar-refractivity contribution in [1.82, 2.24) is 20.0 Å². The largest absolute Gasteiger partial charge is 0.336 e. The molecule has 0 aliphatic rings. The molecule has 0 spiro atoms. The number of hydrogen-bond acceptors (Lipinski definition) is 4. The molecule has 0 aliphatic heterocycles. The fourth-order valence-corrected chi connectivity index (χ4v) is 1.92. The summed E-state index contributed by atoms with van der Waals surface area (Å²) in [4.78, 5) is 8.42. The molecule has 1 atom stereocenters. The number of hydrogen-bond donors (Lipinski definition) is 2. The van der Waals surface area contributed by atoms with Gasteiger partial charge in [0.15, 0.2) is 0 Å². The molecule has 0 radical (unpaired) electrons. The van der Waals surface area contributed by atoms with Gasteiger partial charge in [-0.3, -0.25) is 16.3 Å². The number of nitrogens with one attached hydrogen (secondary N) is 1. The Kier molecular flexibility index (Phi) is 3.88. The Labute approximate surface area is 108 Å². The van der Waals surface area contributed by atoms with E-state index in [-0.39, 0.29) is 6.04 Å². The number of halogens is 1. The van der Waals surface area contributed by atoms with Gasteiger partial charge < -0.3 is 4.57 Å². The van der Waals surface area contributed by atoms with Crippen LogP contribution in [0.2, 0.25) is 0 Å². The lowest BCUT2D eigenvalue weighted by Gasteiger charge is -2.15. The summed E-state index contributed by atoms with van der Waals surface area (Å²) in [6.07, 6.45) is 6.08. The molecule has 6 heteroatoms. The average Bonchev–Trinajstić information content (AvgIpc) is 2.75. The van der Waals surface area contributed by atoms with Crippen LogP contribution < -0.4 is 11.3 Å². The normalized spacial score (nSPS) is 12.6. The summed E-state index contributed by atoms with van der Waals surface area (Å²) in [7, 11) is 1.95. The molecule has 5 nitrogen and oxygen atoms in total. The van der Waals surface area contributed by atoms with Gasteiger partial charge in [-0.15, -0.1) is 0 Å². The maximum atomic E-state index is 5.58. The first kappa shape index (κ1) is 12.2. The first-order chi connectivity index (χ1) is 8.20. The van der Waals surface area contributed by atoms with Crippen LogP contribution in [-0.4, -0.2) is 14.5 Å². The number of pyridine rings is 1. The zero-order valence-electron chi connectivity index (χ0n) is 9.47. The number of rotatable bonds is 4. The highest BCUT2D eigenvalue weighted by atomic mass is 79.9. The highest BCUT2D eigenvalue weighted by Crippen LogP contribution is 2.16. The molecular formula is C11H14BrN5. The molecule has 2 heterocycles. The molecule has 2 aromatic rings. The highest BCUT2D eigenvalue weighted by Gasteiger charge is 2.14. The zero-order valence-corrected chi connectivity index (χ0v) is 11.1. The molecule has 1 unspecified atom stereocenters. The molecule has 0 saturated heterocycles. The van der Waals surface area contributed by atoms with Gasteiger partial charge in [0.2, 0.25) is 0 Å². The van der Waals surface area contributed by atoms with Crippen molar-refractivity contribution in [3.05, 3.63) is 46.7 Å². The van der Waals surface area contributed by atoms with Crippen LogP contribution in [0.3, 0.4) is 0 Å². The van der Waals surface area contributed by atoms with E-state index >= 15 is 0 Å². The van der Waals surface area contributed by atoms with Gasteiger partial charge in [0.25, 0.3) is 0 Å². The number of hydrazine groups is 1. The summed E-state index contributed by atoms with van der Waals surface area (Å²) >= 11 is 3.36. The zero-order chi connectivity index (χ0) is 12.3. The average molecular weight is 296 g/mol. The third kappa shape index (κ3) is 2.91. The molecule has 0 amide bonds. The van der Waals surface area contributed by atoms with Gasteiger partial charge in [0.1, 0.15) is 0 Å². The van der Waals surface area contributed by atoms with Crippen LogP contribution in [-0.2, 0) is 13.5 Å². The van der Waals surface area contributed by atoms with E-state index in [9.17, 15) is 0 Å². The van der Waals surface area contributed by atoms with Crippen molar-refractivity contribution >= 4 is 15.9 Å². The van der Waals surface area contributed by atoms with Gasteiger partial charge >= 0.3 is 0 Å². The van der Waals surface area contributed by atoms with Crippen LogP contribution in [0.25, 0.3) is 0 Å². The Hall–Kier alpha value is -1.24. The van der Waals surface area contributed by atoms with Crippen molar-refractivity contribution in [2.75, 3.05) is 0 Å². The van der Waals surface area contributed by atoms with Crippen molar-refractivity contribution in [3.63, 3.8) is 0 Å². The maximum Gasteiger partial charge on any atom is 0.0946 e. The van der Waals surface area contributed by atoms with Crippen molar-refractivity contribution in [3.8, 4) is 0 Å². The van der Waals surface area contributed by atoms with Crippen molar-refractivity contribution in [2.45, 2.75) is 12.5 Å². The second-order valence-corrected chi connectivity index (χ2v) is 4.74. The fourth-order valence-electron chi connectivity index (χ4n) is 1.69. The van der Waals surface area contributed by atoms with E-state index in [1.54, 1.807) is 12.5 Å². The van der Waals surface area contributed by atoms with Gasteiger partial charge in [-0.2, -0.15) is 0 Å². The number of aryl methyl sites for hydroxylation is 1. The van der Waals surface area contributed by atoms with E-state index < -0.39 is 0 Å². The lowest BCUT2D eigenvalue weighted by Crippen LogP contribution is -2.31. The SMILES string of the molecule is Cn1cncc1C(Cc1ccc(Br)cn1)NN. The molecule has 17 heavy (non-hydrogen) atoms. The first-order valence-corrected chi connectivity index (χ1v) is 6.03. The third-order valence-electron chi connectivity index (χ3n) is 2.61. The highest BCUT2D eigenvalue weighted by molar-refractivity contribution is 9.10. The second kappa shape index (κ2) is 5.39. The smallest absolute Gasteiger partial charge is 0.0946 e. The quantitative estimate of drug-likeness (QED) is 0.659. The molecule has 2 aromatic heterocycles. The van der Waals surface area contributed by atoms with Crippen LogP contribution in [0.4, 0.5) is 0 Å². The molecule has 2 rings (SSSR count). The second-order valence-electron chi connectivity index (χ2n) is 3.82. The number of aromatic nitrogens is 3. The van der Waals surface area contributed by atoms with Gasteiger partial charge in [0.05, 0.1) is 18.1 Å². The number of nitrogens with two attached hydrogens (primary N) is 1. The number of imidazole rings is 1. The van der Waals surface area contributed by atoms with E-state index in [0.29, 0.717) is 0 Å². The summed E-state index contributed by atoms with van der Waals surface area (Å²) in [5, 5.41) is 0. The molecule has 0 bridgehead atoms. The van der Waals surface area contributed by atoms with E-state index in [1.165, 1.54) is 0 Å². The molecule has 0 aromatic carbocycles. The van der Waals surface area contributed by atoms with E-state index in [1.807, 2.05) is 29.9 Å². The Morgan fingerprint density at radius 1 is 1.47 bits per heavy atom. The third-order valence-corrected chi connectivity index (χ3v) is 3.08. The predicted octanol–water partition coefficient (Wildman–Crippen LogP) is 1.32. The van der Waals surface area contributed by atoms with Crippen LogP contribution in [0.5, 0.6) is 0 Å². The minimum Gasteiger partial charge on any atom is -0.336 e. The summed E-state index contributed by atoms with van der Waals surface area (Å²) < 4.78 is 2.92. The molecule has 3 N–H and O–H groups in total. The van der Waals surface area contributed by atoms with E-state index in [4.69, 9.17) is 5.84 Å². The Morgan fingerprint density at radius 3 is 2.82 bits per heavy atom. The van der Waals surface area contributed by atoms with E-state index in [0.717, 1.165) is 22.3 Å². The molecule has 0 saturated carbocycles. The Balaban J connectivity index is 2.16. The maximum absolute atomic E-state index is 5.58. The van der Waals surface area contributed by atoms with Gasteiger partial charge in [-0.25, -0.2) is 4.98 Å². The predicted molar refractivity (Wildman–Crippen MR) is 68.9 cm³/mol. The van der Waals surface area contributed by atoms with Gasteiger partial charge in [0, 0.05) is 36.0 Å². The first-order valence-electron chi connectivity index (χ1n) is 5.23. The minimum atomic E-state index is 0.0103. The van der Waals surface area contributed by atoms with Crippen LogP contribution in [0, 0.1) is 0 Å². The van der Waals surface area contributed by atoms with Crippen molar-refractivity contribution < 1.29 is 0 Å². The van der Waals surface area contributed by atoms with Crippen molar-refractivity contribution in [1.29, 1.82) is 0 Å². The molecular weight excluding hydrogens is 282 g/mol. The summed E-state index contributed by atoms with van der Waals surface area (Å²) in [6, 6.07) is 3.96. The van der Waals surface area contributed by atoms with E-state index in [2.05, 4.69) is 31.3 Å². The standard InChI is InChI=1S/C11H14BrN5/c1-17-7-14-6-11(17)10(16-13)4-9-3-2-8(12)5-15-9/h2-3,5-7,10,16H,4,13H2,1H3. The van der Waals surface area contributed by atoms with Gasteiger partial charge in [-0.1, -0.05) is 0 Å². The number of nitrogens with zero attached hydrogens (tertiary/aromatic N) is 3. The topological polar surface area (TPSA) is 68.8 Å². The van der Waals surface area contributed by atoms with Crippen LogP contribution >= 0.6 is 15.9 Å². The van der Waals surface area contributed by atoms with Crippen molar-refractivity contribution in [2.24, 2.45) is 12.9 Å². The van der Waals surface area contributed by atoms with Crippen LogP contribution in [0.1, 0.15) is 17.4 Å². The summed E-state index contributed by atoms with van der Waals surface area (Å²) in [5.41, 5.74) is 4.82. The fraction of sp³-hybridized carbons (Fsp3) is 0.273. The molecule has 0 fully saturated rings. The molecule has 90 valence electrons. The monoisotopic (exact) mass is 295 g/mol. The van der Waals surface area contributed by atoms with Crippen LogP contribution in [0.15, 0.2) is 35.3 Å². The van der Waals surface area contributed by atoms with Gasteiger partial charge in [-0.05, 0) is 28.1 Å². The Bertz CT molecular complexity index is 479.